The molecule has 0 amide bonds. The van der Waals surface area contributed by atoms with Crippen LogP contribution in [0, 0.1) is 28.6 Å². The molecule has 4 saturated carbocycles. The van der Waals surface area contributed by atoms with E-state index in [9.17, 15) is 35.1 Å². The van der Waals surface area contributed by atoms with Gasteiger partial charge in [-0.15, -0.1) is 0 Å². The van der Waals surface area contributed by atoms with Gasteiger partial charge in [0.2, 0.25) is 0 Å². The number of carbonyl (C=O) groups excluding carboxylic acids is 2. The van der Waals surface area contributed by atoms with Gasteiger partial charge in [-0.1, -0.05) is 19.1 Å². The molecule has 9 heteroatoms. The number of aliphatic hydroxyl groups excluding tert-OH is 3. The summed E-state index contributed by atoms with van der Waals surface area (Å²) in [6.07, 6.45) is -0.662. The fourth-order valence-electron chi connectivity index (χ4n) is 9.22. The van der Waals surface area contributed by atoms with Crippen LogP contribution in [0.3, 0.4) is 0 Å². The molecular formula is C29H41NO8. The van der Waals surface area contributed by atoms with Crippen LogP contribution in [0.1, 0.15) is 69.2 Å². The molecule has 5 rings (SSSR count). The first-order valence-electron chi connectivity index (χ1n) is 13.8. The van der Waals surface area contributed by atoms with Crippen LogP contribution in [0.25, 0.3) is 0 Å². The highest BCUT2D eigenvalue weighted by atomic mass is 16.5. The second-order valence-electron chi connectivity index (χ2n) is 12.5. The number of hydrogen-bond donors (Lipinski definition) is 6. The molecule has 9 nitrogen and oxygen atoms in total. The quantitative estimate of drug-likeness (QED) is 0.311. The van der Waals surface area contributed by atoms with Gasteiger partial charge in [0.05, 0.1) is 29.1 Å². The number of fused-ring (bicyclic) bond motifs is 5. The molecule has 0 radical (unpaired) electrons. The van der Waals surface area contributed by atoms with Gasteiger partial charge in [0.15, 0.2) is 0 Å². The number of para-hydroxylation sites is 1. The molecule has 4 fully saturated rings. The molecule has 10 atom stereocenters. The molecule has 10 unspecified atom stereocenters. The lowest BCUT2D eigenvalue weighted by Gasteiger charge is -2.67. The number of aliphatic hydroxyl groups is 5. The van der Waals surface area contributed by atoms with Crippen molar-refractivity contribution in [2.75, 3.05) is 19.0 Å². The van der Waals surface area contributed by atoms with E-state index in [1.54, 1.807) is 31.3 Å². The first-order valence-corrected chi connectivity index (χ1v) is 13.8. The van der Waals surface area contributed by atoms with Crippen molar-refractivity contribution in [1.82, 2.24) is 0 Å². The molecule has 210 valence electrons. The van der Waals surface area contributed by atoms with Crippen molar-refractivity contribution in [1.29, 1.82) is 0 Å². The summed E-state index contributed by atoms with van der Waals surface area (Å²) in [7, 11) is 1.68. The molecule has 0 aliphatic heterocycles. The molecule has 4 aliphatic rings. The number of ketones is 1. The molecule has 0 heterocycles. The van der Waals surface area contributed by atoms with E-state index in [2.05, 4.69) is 12.2 Å². The Labute approximate surface area is 223 Å². The van der Waals surface area contributed by atoms with Crippen molar-refractivity contribution in [2.45, 2.75) is 88.3 Å². The van der Waals surface area contributed by atoms with Crippen LogP contribution in [-0.2, 0) is 9.53 Å². The van der Waals surface area contributed by atoms with Crippen molar-refractivity contribution in [3.63, 3.8) is 0 Å². The number of hydrogen-bond acceptors (Lipinski definition) is 9. The van der Waals surface area contributed by atoms with E-state index in [4.69, 9.17) is 4.74 Å². The van der Waals surface area contributed by atoms with Gasteiger partial charge in [-0.3, -0.25) is 4.79 Å². The Kier molecular flexibility index (Phi) is 6.71. The highest BCUT2D eigenvalue weighted by molar-refractivity contribution is 5.95. The summed E-state index contributed by atoms with van der Waals surface area (Å²) in [6.45, 7) is 2.94. The molecule has 0 saturated heterocycles. The average molecular weight is 532 g/mol. The zero-order chi connectivity index (χ0) is 27.7. The van der Waals surface area contributed by atoms with Gasteiger partial charge in [-0.2, -0.15) is 0 Å². The van der Waals surface area contributed by atoms with Crippen LogP contribution in [0.15, 0.2) is 24.3 Å². The Morgan fingerprint density at radius 3 is 2.45 bits per heavy atom. The summed E-state index contributed by atoms with van der Waals surface area (Å²) < 4.78 is 5.77. The third-order valence-corrected chi connectivity index (χ3v) is 11.1. The third kappa shape index (κ3) is 3.48. The molecule has 1 aromatic carbocycles. The van der Waals surface area contributed by atoms with Crippen molar-refractivity contribution >= 4 is 17.4 Å². The Hall–Kier alpha value is -2.04. The van der Waals surface area contributed by atoms with E-state index in [1.807, 2.05) is 0 Å². The van der Waals surface area contributed by atoms with Crippen LogP contribution < -0.4 is 5.32 Å². The number of esters is 1. The summed E-state index contributed by atoms with van der Waals surface area (Å²) >= 11 is 0. The monoisotopic (exact) mass is 531 g/mol. The SMILES string of the molecule is CNc1ccccc1C(=O)OCC12CCC3C4(C)CCC(O)CC4CCC3(O)C1(O)C(O)C(O)C2C(C)=O. The minimum atomic E-state index is -2.29. The predicted octanol–water partition coefficient (Wildman–Crippen LogP) is 1.65. The van der Waals surface area contributed by atoms with Crippen LogP contribution in [0.2, 0.25) is 0 Å². The number of carbonyl (C=O) groups is 2. The van der Waals surface area contributed by atoms with Gasteiger partial charge in [-0.05, 0) is 81.3 Å². The predicted molar refractivity (Wildman–Crippen MR) is 138 cm³/mol. The maximum atomic E-state index is 13.2. The van der Waals surface area contributed by atoms with E-state index in [-0.39, 0.29) is 24.3 Å². The third-order valence-electron chi connectivity index (χ3n) is 11.1. The normalized spacial score (nSPS) is 45.9. The number of Topliss-reactive ketones (excluding diaryl/α,β-unsaturated/α-hetero) is 1. The first kappa shape index (κ1) is 27.5. The molecular weight excluding hydrogens is 490 g/mol. The minimum absolute atomic E-state index is 0.147. The van der Waals surface area contributed by atoms with E-state index in [1.165, 1.54) is 6.92 Å². The largest absolute Gasteiger partial charge is 0.461 e. The summed E-state index contributed by atoms with van der Waals surface area (Å²) in [4.78, 5) is 26.2. The fourth-order valence-corrected chi connectivity index (χ4v) is 9.22. The Balaban J connectivity index is 1.56. The van der Waals surface area contributed by atoms with Crippen molar-refractivity contribution in [3.05, 3.63) is 29.8 Å². The summed E-state index contributed by atoms with van der Waals surface area (Å²) in [5, 5.41) is 60.9. The molecule has 4 aliphatic carbocycles. The van der Waals surface area contributed by atoms with Gasteiger partial charge in [0.25, 0.3) is 0 Å². The van der Waals surface area contributed by atoms with E-state index < -0.39 is 70.5 Å². The zero-order valence-corrected chi connectivity index (χ0v) is 22.4. The van der Waals surface area contributed by atoms with Gasteiger partial charge in [0, 0.05) is 12.7 Å². The second-order valence-corrected chi connectivity index (χ2v) is 12.5. The summed E-state index contributed by atoms with van der Waals surface area (Å²) in [5.41, 5.74) is -5.26. The van der Waals surface area contributed by atoms with Gasteiger partial charge < -0.3 is 35.6 Å². The van der Waals surface area contributed by atoms with Gasteiger partial charge >= 0.3 is 5.97 Å². The van der Waals surface area contributed by atoms with Crippen molar-refractivity contribution in [2.24, 2.45) is 28.6 Å². The Morgan fingerprint density at radius 2 is 1.76 bits per heavy atom. The average Bonchev–Trinajstić information content (AvgIpc) is 3.07. The molecule has 6 N–H and O–H groups in total. The van der Waals surface area contributed by atoms with Crippen LogP contribution in [0.5, 0.6) is 0 Å². The first-order chi connectivity index (χ1) is 17.9. The molecule has 0 aromatic heterocycles. The highest BCUT2D eigenvalue weighted by Crippen LogP contribution is 2.70. The lowest BCUT2D eigenvalue weighted by atomic mass is 9.41. The standard InChI is InChI=1S/C29H41NO8/c1-16(31)22-23(33)24(34)29(37)27(22,15-38-25(35)19-6-4-5-7-20(19)30-3)12-10-21-26(2)11-9-18(32)14-17(26)8-13-28(21,29)36/h4-7,17-18,21-24,30,32-34,36-37H,8-15H2,1-3H3. The summed E-state index contributed by atoms with van der Waals surface area (Å²) in [5.74, 6) is -2.61. The highest BCUT2D eigenvalue weighted by Gasteiger charge is 2.81. The Morgan fingerprint density at radius 1 is 1.05 bits per heavy atom. The molecule has 38 heavy (non-hydrogen) atoms. The van der Waals surface area contributed by atoms with Crippen LogP contribution >= 0.6 is 0 Å². The van der Waals surface area contributed by atoms with Crippen molar-refractivity contribution < 1.29 is 39.9 Å². The summed E-state index contributed by atoms with van der Waals surface area (Å²) in [6, 6.07) is 6.79. The topological polar surface area (TPSA) is 157 Å². The number of nitrogens with one attached hydrogen (secondary N) is 1. The molecule has 1 aromatic rings. The minimum Gasteiger partial charge on any atom is -0.461 e. The second kappa shape index (κ2) is 9.27. The van der Waals surface area contributed by atoms with Gasteiger partial charge in [0.1, 0.15) is 29.7 Å². The lowest BCUT2D eigenvalue weighted by molar-refractivity contribution is -0.324. The maximum absolute atomic E-state index is 13.2. The Bertz CT molecular complexity index is 1110. The van der Waals surface area contributed by atoms with Crippen LogP contribution in [0.4, 0.5) is 5.69 Å². The number of benzene rings is 1. The zero-order valence-electron chi connectivity index (χ0n) is 22.4. The maximum Gasteiger partial charge on any atom is 0.340 e. The smallest absolute Gasteiger partial charge is 0.340 e. The fraction of sp³-hybridized carbons (Fsp3) is 0.724. The number of rotatable bonds is 5. The number of anilines is 1. The van der Waals surface area contributed by atoms with Gasteiger partial charge in [-0.25, -0.2) is 4.79 Å². The lowest BCUT2D eigenvalue weighted by Crippen LogP contribution is -2.77. The van der Waals surface area contributed by atoms with E-state index in [0.29, 0.717) is 37.8 Å². The number of ether oxygens (including phenoxy) is 1. The van der Waals surface area contributed by atoms with E-state index >= 15 is 0 Å². The van der Waals surface area contributed by atoms with Crippen LogP contribution in [-0.4, -0.2) is 80.5 Å². The molecule has 0 bridgehead atoms. The molecule has 0 spiro atoms. The van der Waals surface area contributed by atoms with E-state index in [0.717, 1.165) is 0 Å². The van der Waals surface area contributed by atoms with Crippen molar-refractivity contribution in [3.8, 4) is 0 Å².